The van der Waals surface area contributed by atoms with Crippen molar-refractivity contribution >= 4 is 0 Å². The molecule has 0 N–H and O–H groups in total. The fraction of sp³-hybridized carbons (Fsp3) is 0.765. The maximum atomic E-state index is 5.72. The van der Waals surface area contributed by atoms with Crippen molar-refractivity contribution in [3.8, 4) is 0 Å². The fourth-order valence-corrected chi connectivity index (χ4v) is 1.68. The Labute approximate surface area is 130 Å². The lowest BCUT2D eigenvalue weighted by Gasteiger charge is -2.31. The van der Waals surface area contributed by atoms with E-state index in [4.69, 9.17) is 18.9 Å². The van der Waals surface area contributed by atoms with Crippen LogP contribution in [0.1, 0.15) is 53.4 Å². The number of hydrogen-bond acceptors (Lipinski definition) is 4. The average Bonchev–Trinajstić information content (AvgIpc) is 2.47. The van der Waals surface area contributed by atoms with Gasteiger partial charge in [0.2, 0.25) is 0 Å². The van der Waals surface area contributed by atoms with Gasteiger partial charge in [-0.15, -0.1) is 0 Å². The minimum absolute atomic E-state index is 0.468. The van der Waals surface area contributed by atoms with Gasteiger partial charge in [-0.05, 0) is 39.5 Å². The molecule has 21 heavy (non-hydrogen) atoms. The van der Waals surface area contributed by atoms with E-state index in [2.05, 4.69) is 38.2 Å². The van der Waals surface area contributed by atoms with Gasteiger partial charge in [-0.2, -0.15) is 0 Å². The summed E-state index contributed by atoms with van der Waals surface area (Å²) in [4.78, 5) is 0. The van der Waals surface area contributed by atoms with Crippen molar-refractivity contribution in [3.63, 3.8) is 0 Å². The highest BCUT2D eigenvalue weighted by molar-refractivity contribution is 4.80. The highest BCUT2D eigenvalue weighted by Gasteiger charge is 2.34. The third-order valence-electron chi connectivity index (χ3n) is 2.57. The highest BCUT2D eigenvalue weighted by Crippen LogP contribution is 2.18. The first kappa shape index (κ1) is 20.3. The quantitative estimate of drug-likeness (QED) is 0.270. The molecule has 0 spiro atoms. The van der Waals surface area contributed by atoms with E-state index in [0.717, 1.165) is 25.7 Å². The van der Waals surface area contributed by atoms with Crippen LogP contribution in [0.15, 0.2) is 24.3 Å². The molecule has 0 heterocycles. The molecule has 0 unspecified atom stereocenters. The molecule has 4 nitrogen and oxygen atoms in total. The minimum Gasteiger partial charge on any atom is -0.304 e. The largest absolute Gasteiger partial charge is 0.412 e. The van der Waals surface area contributed by atoms with Crippen LogP contribution < -0.4 is 0 Å². The van der Waals surface area contributed by atoms with E-state index < -0.39 is 6.16 Å². The predicted molar refractivity (Wildman–Crippen MR) is 86.0 cm³/mol. The molecule has 0 aliphatic heterocycles. The summed E-state index contributed by atoms with van der Waals surface area (Å²) in [6.07, 6.45) is 10.7. The van der Waals surface area contributed by atoms with E-state index in [1.165, 1.54) is 0 Å². The van der Waals surface area contributed by atoms with Crippen LogP contribution in [-0.2, 0) is 18.9 Å². The van der Waals surface area contributed by atoms with Crippen LogP contribution >= 0.6 is 0 Å². The lowest BCUT2D eigenvalue weighted by Crippen LogP contribution is -2.43. The normalized spacial score (nSPS) is 12.8. The molecule has 0 bridgehead atoms. The lowest BCUT2D eigenvalue weighted by atomic mass is 10.3. The Kier molecular flexibility index (Phi) is 13.8. The maximum absolute atomic E-state index is 5.72. The zero-order valence-corrected chi connectivity index (χ0v) is 14.1. The summed E-state index contributed by atoms with van der Waals surface area (Å²) in [7, 11) is 0. The van der Waals surface area contributed by atoms with Crippen molar-refractivity contribution in [2.24, 2.45) is 0 Å². The summed E-state index contributed by atoms with van der Waals surface area (Å²) in [5.74, 6) is 0. The van der Waals surface area contributed by atoms with Gasteiger partial charge in [0.25, 0.3) is 0 Å². The second kappa shape index (κ2) is 14.3. The summed E-state index contributed by atoms with van der Waals surface area (Å²) in [6.45, 7) is 9.95. The summed E-state index contributed by atoms with van der Waals surface area (Å²) in [6, 6.07) is 0. The minimum atomic E-state index is -1.37. The van der Waals surface area contributed by atoms with Crippen LogP contribution in [-0.4, -0.2) is 32.6 Å². The standard InChI is InChI=1S/C17H32O4/c1-5-9-11-13-15-20-17(18-7-3,19-8-4)21-16-14-12-10-6-2/h9-12H,5-8,13-16H2,1-4H3/b11-9-,12-10-. The lowest BCUT2D eigenvalue weighted by molar-refractivity contribution is -0.497. The molecular weight excluding hydrogens is 268 g/mol. The van der Waals surface area contributed by atoms with Gasteiger partial charge in [-0.3, -0.25) is 0 Å². The smallest absolute Gasteiger partial charge is 0.304 e. The van der Waals surface area contributed by atoms with Crippen LogP contribution in [0.5, 0.6) is 0 Å². The van der Waals surface area contributed by atoms with Crippen molar-refractivity contribution in [2.45, 2.75) is 59.5 Å². The van der Waals surface area contributed by atoms with E-state index in [1.54, 1.807) is 0 Å². The summed E-state index contributed by atoms with van der Waals surface area (Å²) in [5.41, 5.74) is 0. The van der Waals surface area contributed by atoms with E-state index in [-0.39, 0.29) is 0 Å². The second-order valence-corrected chi connectivity index (χ2v) is 4.40. The van der Waals surface area contributed by atoms with Crippen molar-refractivity contribution in [3.05, 3.63) is 24.3 Å². The van der Waals surface area contributed by atoms with Crippen LogP contribution in [0.3, 0.4) is 0 Å². The fourth-order valence-electron chi connectivity index (χ4n) is 1.68. The molecule has 0 aliphatic rings. The Morgan fingerprint density at radius 3 is 1.38 bits per heavy atom. The summed E-state index contributed by atoms with van der Waals surface area (Å²) >= 11 is 0. The van der Waals surface area contributed by atoms with Crippen LogP contribution in [0.4, 0.5) is 0 Å². The number of hydrogen-bond donors (Lipinski definition) is 0. The van der Waals surface area contributed by atoms with Gasteiger partial charge >= 0.3 is 6.16 Å². The molecule has 0 aliphatic carbocycles. The average molecular weight is 300 g/mol. The molecule has 0 saturated carbocycles. The number of rotatable bonds is 14. The zero-order valence-electron chi connectivity index (χ0n) is 14.1. The Bertz CT molecular complexity index is 246. The first-order chi connectivity index (χ1) is 10.2. The van der Waals surface area contributed by atoms with Gasteiger partial charge in [-0.25, -0.2) is 0 Å². The zero-order chi connectivity index (χ0) is 15.8. The van der Waals surface area contributed by atoms with Crippen molar-refractivity contribution in [2.75, 3.05) is 26.4 Å². The topological polar surface area (TPSA) is 36.9 Å². The molecule has 0 aromatic carbocycles. The third kappa shape index (κ3) is 10.7. The predicted octanol–water partition coefficient (Wildman–Crippen LogP) is 4.42. The van der Waals surface area contributed by atoms with Crippen LogP contribution in [0.25, 0.3) is 0 Å². The molecule has 0 rings (SSSR count). The second-order valence-electron chi connectivity index (χ2n) is 4.40. The van der Waals surface area contributed by atoms with E-state index >= 15 is 0 Å². The van der Waals surface area contributed by atoms with Crippen LogP contribution in [0.2, 0.25) is 0 Å². The molecular formula is C17H32O4. The highest BCUT2D eigenvalue weighted by atomic mass is 17.0. The first-order valence-electron chi connectivity index (χ1n) is 8.10. The van der Waals surface area contributed by atoms with E-state index in [9.17, 15) is 0 Å². The molecule has 0 fully saturated rings. The van der Waals surface area contributed by atoms with Gasteiger partial charge in [0.15, 0.2) is 0 Å². The Morgan fingerprint density at radius 1 is 0.619 bits per heavy atom. The third-order valence-corrected chi connectivity index (χ3v) is 2.57. The molecule has 0 saturated heterocycles. The Morgan fingerprint density at radius 2 is 1.05 bits per heavy atom. The van der Waals surface area contributed by atoms with E-state index in [0.29, 0.717) is 26.4 Å². The molecule has 124 valence electrons. The van der Waals surface area contributed by atoms with Gasteiger partial charge in [0.1, 0.15) is 0 Å². The molecule has 0 aromatic heterocycles. The number of ether oxygens (including phenoxy) is 4. The van der Waals surface area contributed by atoms with Crippen molar-refractivity contribution in [1.29, 1.82) is 0 Å². The van der Waals surface area contributed by atoms with Gasteiger partial charge < -0.3 is 18.9 Å². The monoisotopic (exact) mass is 300 g/mol. The van der Waals surface area contributed by atoms with Crippen LogP contribution in [0, 0.1) is 0 Å². The number of allylic oxidation sites excluding steroid dienone is 2. The SMILES string of the molecule is CC/C=C\CCOC(OCC)(OCC)OCC/C=C\CC. The Balaban J connectivity index is 4.35. The summed E-state index contributed by atoms with van der Waals surface area (Å²) in [5, 5.41) is 0. The van der Waals surface area contributed by atoms with Gasteiger partial charge in [0.05, 0.1) is 26.4 Å². The molecule has 0 radical (unpaired) electrons. The Hall–Kier alpha value is -0.680. The summed E-state index contributed by atoms with van der Waals surface area (Å²) < 4.78 is 22.6. The van der Waals surface area contributed by atoms with Crippen molar-refractivity contribution < 1.29 is 18.9 Å². The van der Waals surface area contributed by atoms with Crippen molar-refractivity contribution in [1.82, 2.24) is 0 Å². The van der Waals surface area contributed by atoms with Gasteiger partial charge in [0, 0.05) is 0 Å². The molecule has 4 heteroatoms. The maximum Gasteiger partial charge on any atom is 0.412 e. The molecule has 0 atom stereocenters. The first-order valence-corrected chi connectivity index (χ1v) is 8.10. The molecule has 0 amide bonds. The van der Waals surface area contributed by atoms with E-state index in [1.807, 2.05) is 13.8 Å². The van der Waals surface area contributed by atoms with Gasteiger partial charge in [-0.1, -0.05) is 38.2 Å². The molecule has 0 aromatic rings.